The topological polar surface area (TPSA) is 3.24 Å². The van der Waals surface area contributed by atoms with Crippen LogP contribution in [-0.2, 0) is 12.8 Å². The van der Waals surface area contributed by atoms with Gasteiger partial charge in [-0.25, -0.2) is 0 Å². The molecule has 3 aliphatic rings. The standard InChI is InChI=1S/C17H22ClN.C14H17Cl.C4H10/c1-12-7-8-19(11-13(12)2)17-6-4-14-3-5-16(18)9-15(14)10-17;1-3-4-10(2)13-8-7-12(9-14(13)15)11-5-6-11;1-3-4-2/h3,5,9,17H,4,6-8,10-11H2,1-2H3;4,7-9,11H,3,5-6H2,1-2H3;3-4H2,1-2H3/b;10-4-;. The summed E-state index contributed by atoms with van der Waals surface area (Å²) >= 11 is 12.4. The monoisotopic (exact) mass is 553 g/mol. The number of benzene rings is 2. The highest BCUT2D eigenvalue weighted by molar-refractivity contribution is 6.32. The summed E-state index contributed by atoms with van der Waals surface area (Å²) in [6.45, 7) is 15.6. The number of unbranched alkanes of at least 4 members (excludes halogenated alkanes) is 1. The molecule has 2 aromatic carbocycles. The summed E-state index contributed by atoms with van der Waals surface area (Å²) in [6.07, 6.45) is 13.5. The predicted octanol–water partition coefficient (Wildman–Crippen LogP) is 11.1. The lowest BCUT2D eigenvalue weighted by Gasteiger charge is -2.38. The minimum absolute atomic E-state index is 0.703. The number of hydrogen-bond donors (Lipinski definition) is 0. The summed E-state index contributed by atoms with van der Waals surface area (Å²) in [5.74, 6) is 0.784. The zero-order valence-corrected chi connectivity index (χ0v) is 26.2. The lowest BCUT2D eigenvalue weighted by molar-refractivity contribution is 0.187. The maximum atomic E-state index is 6.29. The van der Waals surface area contributed by atoms with Crippen molar-refractivity contribution in [3.63, 3.8) is 0 Å². The van der Waals surface area contributed by atoms with Crippen molar-refractivity contribution in [2.75, 3.05) is 13.1 Å². The lowest BCUT2D eigenvalue weighted by Crippen LogP contribution is -2.42. The van der Waals surface area contributed by atoms with Crippen LogP contribution >= 0.6 is 23.2 Å². The van der Waals surface area contributed by atoms with Crippen molar-refractivity contribution in [1.29, 1.82) is 0 Å². The van der Waals surface area contributed by atoms with E-state index in [0.717, 1.165) is 28.9 Å². The normalized spacial score (nSPS) is 19.7. The Morgan fingerprint density at radius 1 is 0.895 bits per heavy atom. The maximum absolute atomic E-state index is 6.29. The van der Waals surface area contributed by atoms with Crippen LogP contribution in [-0.4, -0.2) is 24.0 Å². The third kappa shape index (κ3) is 9.00. The molecule has 1 aliphatic heterocycles. The number of rotatable bonds is 5. The van der Waals surface area contributed by atoms with Gasteiger partial charge in [0, 0.05) is 29.2 Å². The Labute approximate surface area is 243 Å². The van der Waals surface area contributed by atoms with Gasteiger partial charge in [-0.2, -0.15) is 0 Å². The second-order valence-corrected chi connectivity index (χ2v) is 12.2. The Balaban J connectivity index is 0.000000189. The number of nitrogens with zero attached hydrogens (tertiary/aromatic N) is 1. The van der Waals surface area contributed by atoms with Crippen LogP contribution in [0.1, 0.15) is 115 Å². The molecule has 1 saturated carbocycles. The number of fused-ring (bicyclic) bond motifs is 1. The molecule has 208 valence electrons. The van der Waals surface area contributed by atoms with Gasteiger partial charge in [0.15, 0.2) is 0 Å². The quantitative estimate of drug-likeness (QED) is 0.332. The summed E-state index contributed by atoms with van der Waals surface area (Å²) < 4.78 is 0. The van der Waals surface area contributed by atoms with Gasteiger partial charge in [0.05, 0.1) is 0 Å². The molecule has 0 radical (unpaired) electrons. The molecule has 2 aliphatic carbocycles. The third-order valence-corrected chi connectivity index (χ3v) is 8.85. The summed E-state index contributed by atoms with van der Waals surface area (Å²) in [5.41, 5.74) is 10.0. The largest absolute Gasteiger partial charge is 0.296 e. The van der Waals surface area contributed by atoms with Crippen LogP contribution in [0.5, 0.6) is 0 Å². The Morgan fingerprint density at radius 3 is 2.24 bits per heavy atom. The molecule has 1 unspecified atom stereocenters. The van der Waals surface area contributed by atoms with E-state index in [2.05, 4.69) is 82.9 Å². The van der Waals surface area contributed by atoms with Gasteiger partial charge in [-0.15, -0.1) is 0 Å². The predicted molar refractivity (Wildman–Crippen MR) is 170 cm³/mol. The van der Waals surface area contributed by atoms with Crippen LogP contribution in [0.4, 0.5) is 0 Å². The number of allylic oxidation sites excluding steroid dienone is 2. The number of aryl methyl sites for hydroxylation is 1. The Bertz CT molecular complexity index is 1110. The lowest BCUT2D eigenvalue weighted by atomic mass is 9.86. The molecule has 0 spiro atoms. The van der Waals surface area contributed by atoms with E-state index in [1.807, 2.05) is 6.07 Å². The first-order valence-corrected chi connectivity index (χ1v) is 15.7. The Kier molecular flexibility index (Phi) is 12.5. The van der Waals surface area contributed by atoms with Crippen LogP contribution < -0.4 is 0 Å². The zero-order chi connectivity index (χ0) is 27.7. The van der Waals surface area contributed by atoms with E-state index in [1.54, 1.807) is 11.1 Å². The van der Waals surface area contributed by atoms with Gasteiger partial charge in [0.2, 0.25) is 0 Å². The molecule has 1 fully saturated rings. The molecule has 0 amide bonds. The van der Waals surface area contributed by atoms with Gasteiger partial charge in [0.1, 0.15) is 0 Å². The van der Waals surface area contributed by atoms with Crippen LogP contribution in [0.15, 0.2) is 53.6 Å². The van der Waals surface area contributed by atoms with Crippen LogP contribution in [0.2, 0.25) is 10.0 Å². The van der Waals surface area contributed by atoms with E-state index >= 15 is 0 Å². The summed E-state index contributed by atoms with van der Waals surface area (Å²) in [7, 11) is 0. The van der Waals surface area contributed by atoms with Crippen molar-refractivity contribution in [1.82, 2.24) is 4.90 Å². The molecule has 3 heteroatoms. The number of halogens is 2. The fourth-order valence-electron chi connectivity index (χ4n) is 5.31. The van der Waals surface area contributed by atoms with Gasteiger partial charge in [-0.3, -0.25) is 4.90 Å². The SMILES string of the molecule is CC/C=C(/C)c1ccc(C2CC2)cc1Cl.CC1=C(C)CN(C2CCc3ccc(Cl)cc3C2)CC1.CCCC. The average molecular weight is 555 g/mol. The molecule has 38 heavy (non-hydrogen) atoms. The second kappa shape index (κ2) is 15.3. The van der Waals surface area contributed by atoms with Crippen molar-refractivity contribution in [2.45, 2.75) is 111 Å². The summed E-state index contributed by atoms with van der Waals surface area (Å²) in [4.78, 5) is 2.67. The van der Waals surface area contributed by atoms with Crippen molar-refractivity contribution in [2.24, 2.45) is 0 Å². The van der Waals surface area contributed by atoms with Gasteiger partial charge in [-0.05, 0) is 118 Å². The minimum atomic E-state index is 0.703. The smallest absolute Gasteiger partial charge is 0.0483 e. The van der Waals surface area contributed by atoms with Crippen molar-refractivity contribution >= 4 is 28.8 Å². The molecule has 0 saturated heterocycles. The van der Waals surface area contributed by atoms with Gasteiger partial charge < -0.3 is 0 Å². The highest BCUT2D eigenvalue weighted by atomic mass is 35.5. The zero-order valence-electron chi connectivity index (χ0n) is 24.7. The molecule has 5 rings (SSSR count). The summed E-state index contributed by atoms with van der Waals surface area (Å²) in [5, 5.41) is 1.78. The first-order chi connectivity index (χ1) is 18.3. The molecular formula is C35H49Cl2N. The first-order valence-electron chi connectivity index (χ1n) is 14.9. The molecular weight excluding hydrogens is 505 g/mol. The van der Waals surface area contributed by atoms with E-state index in [9.17, 15) is 0 Å². The van der Waals surface area contributed by atoms with Crippen LogP contribution in [0.25, 0.3) is 5.57 Å². The van der Waals surface area contributed by atoms with Gasteiger partial charge in [0.25, 0.3) is 0 Å². The third-order valence-electron chi connectivity index (χ3n) is 8.31. The van der Waals surface area contributed by atoms with E-state index in [0.29, 0.717) is 6.04 Å². The van der Waals surface area contributed by atoms with E-state index < -0.39 is 0 Å². The van der Waals surface area contributed by atoms with Gasteiger partial charge in [-0.1, -0.05) is 92.2 Å². The molecule has 1 atom stereocenters. The Hall–Kier alpha value is -1.54. The second-order valence-electron chi connectivity index (χ2n) is 11.4. The average Bonchev–Trinajstić information content (AvgIpc) is 3.76. The molecule has 0 bridgehead atoms. The maximum Gasteiger partial charge on any atom is 0.0483 e. The van der Waals surface area contributed by atoms with Crippen LogP contribution in [0.3, 0.4) is 0 Å². The first kappa shape index (κ1) is 31.0. The van der Waals surface area contributed by atoms with Crippen molar-refractivity contribution in [3.05, 3.63) is 85.9 Å². The fourth-order valence-corrected chi connectivity index (χ4v) is 5.84. The molecule has 1 nitrogen and oxygen atoms in total. The fraction of sp³-hybridized carbons (Fsp3) is 0.543. The molecule has 2 aromatic rings. The molecule has 1 heterocycles. The van der Waals surface area contributed by atoms with Gasteiger partial charge >= 0.3 is 0 Å². The van der Waals surface area contributed by atoms with E-state index in [-0.39, 0.29) is 0 Å². The minimum Gasteiger partial charge on any atom is -0.296 e. The summed E-state index contributed by atoms with van der Waals surface area (Å²) in [6, 6.07) is 13.6. The molecule has 0 aromatic heterocycles. The Morgan fingerprint density at radius 2 is 1.63 bits per heavy atom. The van der Waals surface area contributed by atoms with Crippen molar-refractivity contribution in [3.8, 4) is 0 Å². The number of hydrogen-bond acceptors (Lipinski definition) is 1. The molecule has 0 N–H and O–H groups in total. The highest BCUT2D eigenvalue weighted by Gasteiger charge is 2.26. The highest BCUT2D eigenvalue weighted by Crippen LogP contribution is 2.41. The van der Waals surface area contributed by atoms with E-state index in [4.69, 9.17) is 23.2 Å². The van der Waals surface area contributed by atoms with Crippen LogP contribution in [0, 0.1) is 0 Å². The van der Waals surface area contributed by atoms with Crippen molar-refractivity contribution < 1.29 is 0 Å². The van der Waals surface area contributed by atoms with E-state index in [1.165, 1.54) is 85.7 Å².